The second-order valence-corrected chi connectivity index (χ2v) is 5.65. The molecule has 1 aromatic heterocycles. The van der Waals surface area contributed by atoms with E-state index in [1.165, 1.54) is 6.92 Å². The van der Waals surface area contributed by atoms with E-state index in [9.17, 15) is 22.8 Å². The van der Waals surface area contributed by atoms with Crippen LogP contribution in [0.3, 0.4) is 0 Å². The number of benzene rings is 1. The molecule has 0 radical (unpaired) electrons. The number of carbonyl (C=O) groups is 2. The van der Waals surface area contributed by atoms with Gasteiger partial charge >= 0.3 is 5.97 Å². The van der Waals surface area contributed by atoms with E-state index in [4.69, 9.17) is 9.26 Å². The van der Waals surface area contributed by atoms with Crippen LogP contribution >= 0.6 is 0 Å². The molecule has 26 heavy (non-hydrogen) atoms. The zero-order chi connectivity index (χ0) is 19.4. The predicted molar refractivity (Wildman–Crippen MR) is 84.8 cm³/mol. The molecule has 0 spiro atoms. The van der Waals surface area contributed by atoms with E-state index in [0.717, 1.165) is 11.6 Å². The van der Waals surface area contributed by atoms with Gasteiger partial charge in [0.05, 0.1) is 11.4 Å². The number of halogens is 3. The molecule has 0 aliphatic rings. The highest BCUT2D eigenvalue weighted by Gasteiger charge is 2.21. The number of hydrogen-bond acceptors (Lipinski definition) is 5. The Morgan fingerprint density at radius 1 is 1.23 bits per heavy atom. The van der Waals surface area contributed by atoms with Crippen LogP contribution < -0.4 is 5.32 Å². The van der Waals surface area contributed by atoms with Gasteiger partial charge in [-0.2, -0.15) is 0 Å². The normalized spacial score (nSPS) is 11.9. The second-order valence-electron chi connectivity index (χ2n) is 5.65. The van der Waals surface area contributed by atoms with Crippen molar-refractivity contribution in [3.05, 3.63) is 46.6 Å². The summed E-state index contributed by atoms with van der Waals surface area (Å²) < 4.78 is 49.5. The van der Waals surface area contributed by atoms with Crippen LogP contribution in [0, 0.1) is 31.3 Å². The molecule has 6 nitrogen and oxygen atoms in total. The van der Waals surface area contributed by atoms with Crippen molar-refractivity contribution in [2.24, 2.45) is 0 Å². The Kier molecular flexibility index (Phi) is 6.01. The molecule has 0 saturated carbocycles. The minimum atomic E-state index is -1.70. The van der Waals surface area contributed by atoms with Gasteiger partial charge in [-0.15, -0.1) is 0 Å². The fraction of sp³-hybridized carbons (Fsp3) is 0.353. The molecule has 0 unspecified atom stereocenters. The van der Waals surface area contributed by atoms with Crippen molar-refractivity contribution in [2.45, 2.75) is 39.7 Å². The molecule has 1 amide bonds. The summed E-state index contributed by atoms with van der Waals surface area (Å²) in [5.41, 5.74) is 0.894. The summed E-state index contributed by atoms with van der Waals surface area (Å²) in [5.74, 6) is -5.55. The molecule has 1 heterocycles. The van der Waals surface area contributed by atoms with E-state index in [0.29, 0.717) is 23.9 Å². The molecule has 1 aromatic carbocycles. The number of carbonyl (C=O) groups excluding carboxylic acids is 2. The first-order valence-electron chi connectivity index (χ1n) is 7.76. The van der Waals surface area contributed by atoms with Crippen LogP contribution in [0.15, 0.2) is 16.7 Å². The van der Waals surface area contributed by atoms with E-state index < -0.39 is 41.1 Å². The highest BCUT2D eigenvalue weighted by atomic mass is 19.2. The van der Waals surface area contributed by atoms with Crippen molar-refractivity contribution < 1.29 is 32.0 Å². The van der Waals surface area contributed by atoms with E-state index in [-0.39, 0.29) is 6.42 Å². The first kappa shape index (κ1) is 19.5. The van der Waals surface area contributed by atoms with Gasteiger partial charge in [0.1, 0.15) is 5.76 Å². The zero-order valence-corrected chi connectivity index (χ0v) is 14.4. The molecule has 0 fully saturated rings. The second kappa shape index (κ2) is 8.03. The maximum atomic E-state index is 13.5. The molecule has 140 valence electrons. The van der Waals surface area contributed by atoms with Crippen LogP contribution in [0.1, 0.15) is 30.4 Å². The van der Waals surface area contributed by atoms with Crippen molar-refractivity contribution in [3.63, 3.8) is 0 Å². The Morgan fingerprint density at radius 2 is 1.92 bits per heavy atom. The van der Waals surface area contributed by atoms with Crippen molar-refractivity contribution >= 4 is 17.6 Å². The monoisotopic (exact) mass is 370 g/mol. The molecule has 2 rings (SSSR count). The summed E-state index contributed by atoms with van der Waals surface area (Å²) in [7, 11) is 0. The first-order chi connectivity index (χ1) is 12.2. The summed E-state index contributed by atoms with van der Waals surface area (Å²) >= 11 is 0. The number of aromatic nitrogens is 1. The number of amides is 1. The number of anilines is 1. The summed E-state index contributed by atoms with van der Waals surface area (Å²) in [6, 6.07) is 1.55. The Morgan fingerprint density at radius 3 is 2.54 bits per heavy atom. The van der Waals surface area contributed by atoms with Crippen LogP contribution in [0.4, 0.5) is 18.9 Å². The highest BCUT2D eigenvalue weighted by Crippen LogP contribution is 2.20. The van der Waals surface area contributed by atoms with Crippen molar-refractivity contribution in [3.8, 4) is 0 Å². The van der Waals surface area contributed by atoms with Crippen LogP contribution in [0.2, 0.25) is 0 Å². The van der Waals surface area contributed by atoms with E-state index in [1.807, 2.05) is 5.32 Å². The van der Waals surface area contributed by atoms with Crippen molar-refractivity contribution in [2.75, 3.05) is 5.32 Å². The average molecular weight is 370 g/mol. The number of aryl methyl sites for hydroxylation is 2. The van der Waals surface area contributed by atoms with Crippen LogP contribution in [-0.2, 0) is 20.7 Å². The van der Waals surface area contributed by atoms with Gasteiger partial charge in [-0.25, -0.2) is 13.2 Å². The van der Waals surface area contributed by atoms with E-state index in [1.54, 1.807) is 13.8 Å². The quantitative estimate of drug-likeness (QED) is 0.624. The van der Waals surface area contributed by atoms with Gasteiger partial charge in [-0.3, -0.25) is 9.59 Å². The molecular weight excluding hydrogens is 353 g/mol. The molecule has 0 aliphatic carbocycles. The smallest absolute Gasteiger partial charge is 0.306 e. The molecule has 0 bridgehead atoms. The minimum absolute atomic E-state index is 0.0138. The van der Waals surface area contributed by atoms with Gasteiger partial charge in [0.15, 0.2) is 23.6 Å². The SMILES string of the molecule is Cc1noc(C)c1CCC(=O)O[C@@H](C)C(=O)Nc1ccc(F)c(F)c1F. The molecule has 0 aliphatic heterocycles. The van der Waals surface area contributed by atoms with Crippen LogP contribution in [0.5, 0.6) is 0 Å². The lowest BCUT2D eigenvalue weighted by molar-refractivity contribution is -0.153. The van der Waals surface area contributed by atoms with Crippen molar-refractivity contribution in [1.82, 2.24) is 5.16 Å². The van der Waals surface area contributed by atoms with Gasteiger partial charge in [-0.05, 0) is 39.3 Å². The average Bonchev–Trinajstić information content (AvgIpc) is 2.91. The number of hydrogen-bond donors (Lipinski definition) is 1. The summed E-state index contributed by atoms with van der Waals surface area (Å²) in [5, 5.41) is 5.82. The fourth-order valence-corrected chi connectivity index (χ4v) is 2.25. The molecule has 2 aromatic rings. The number of esters is 1. The Hall–Kier alpha value is -2.84. The third kappa shape index (κ3) is 4.41. The Bertz CT molecular complexity index is 816. The molecular formula is C17H17F3N2O4. The highest BCUT2D eigenvalue weighted by molar-refractivity contribution is 5.95. The van der Waals surface area contributed by atoms with Crippen LogP contribution in [0.25, 0.3) is 0 Å². The third-order valence-electron chi connectivity index (χ3n) is 3.73. The summed E-state index contributed by atoms with van der Waals surface area (Å²) in [6.07, 6.45) is -0.939. The maximum absolute atomic E-state index is 13.5. The lowest BCUT2D eigenvalue weighted by Gasteiger charge is -2.14. The number of rotatable bonds is 6. The van der Waals surface area contributed by atoms with Gasteiger partial charge in [0.2, 0.25) is 0 Å². The van der Waals surface area contributed by atoms with Crippen molar-refractivity contribution in [1.29, 1.82) is 0 Å². The number of ether oxygens (including phenoxy) is 1. The minimum Gasteiger partial charge on any atom is -0.453 e. The van der Waals surface area contributed by atoms with Gasteiger partial charge in [0, 0.05) is 12.0 Å². The van der Waals surface area contributed by atoms with Gasteiger partial charge in [-0.1, -0.05) is 5.16 Å². The molecule has 0 saturated heterocycles. The topological polar surface area (TPSA) is 81.4 Å². The largest absolute Gasteiger partial charge is 0.453 e. The third-order valence-corrected chi connectivity index (χ3v) is 3.73. The van der Waals surface area contributed by atoms with Gasteiger partial charge < -0.3 is 14.6 Å². The Balaban J connectivity index is 1.90. The summed E-state index contributed by atoms with van der Waals surface area (Å²) in [4.78, 5) is 23.8. The van der Waals surface area contributed by atoms with Gasteiger partial charge in [0.25, 0.3) is 5.91 Å². The fourth-order valence-electron chi connectivity index (χ4n) is 2.25. The number of nitrogens with one attached hydrogen (secondary N) is 1. The summed E-state index contributed by atoms with van der Waals surface area (Å²) in [6.45, 7) is 4.73. The van der Waals surface area contributed by atoms with Crippen LogP contribution in [-0.4, -0.2) is 23.1 Å². The Labute approximate surface area is 147 Å². The standard InChI is InChI=1S/C17H17F3N2O4/c1-8-11(9(2)26-22-8)4-7-14(23)25-10(3)17(24)21-13-6-5-12(18)15(19)16(13)20/h5-6,10H,4,7H2,1-3H3,(H,21,24)/t10-/m0/s1. The number of nitrogens with zero attached hydrogens (tertiary/aromatic N) is 1. The lowest BCUT2D eigenvalue weighted by Crippen LogP contribution is -2.30. The predicted octanol–water partition coefficient (Wildman–Crippen LogP) is 3.21. The molecule has 9 heteroatoms. The molecule has 1 atom stereocenters. The zero-order valence-electron chi connectivity index (χ0n) is 14.4. The van der Waals surface area contributed by atoms with E-state index >= 15 is 0 Å². The van der Waals surface area contributed by atoms with E-state index in [2.05, 4.69) is 5.16 Å². The lowest BCUT2D eigenvalue weighted by atomic mass is 10.1. The maximum Gasteiger partial charge on any atom is 0.306 e. The first-order valence-corrected chi connectivity index (χ1v) is 7.76. The molecule has 1 N–H and O–H groups in total.